The molecule has 0 bridgehead atoms. The van der Waals surface area contributed by atoms with Crippen LogP contribution in [0.15, 0.2) is 0 Å². The number of hydrogen-bond donors (Lipinski definition) is 1. The average Bonchev–Trinajstić information content (AvgIpc) is 2.47. The number of nitrogens with zero attached hydrogens (tertiary/aromatic N) is 1. The molecule has 0 aromatic heterocycles. The van der Waals surface area contributed by atoms with E-state index in [4.69, 9.17) is 4.74 Å². The molecule has 0 saturated carbocycles. The van der Waals surface area contributed by atoms with Crippen LogP contribution in [0, 0.1) is 0 Å². The van der Waals surface area contributed by atoms with Crippen LogP contribution >= 0.6 is 0 Å². The second-order valence-electron chi connectivity index (χ2n) is 4.26. The maximum Gasteiger partial charge on any atom is 0.410 e. The summed E-state index contributed by atoms with van der Waals surface area (Å²) in [4.78, 5) is 12.1. The molecule has 0 aromatic rings. The van der Waals surface area contributed by atoms with E-state index in [1.165, 1.54) is 0 Å². The number of piperidine rings is 1. The van der Waals surface area contributed by atoms with Gasteiger partial charge in [0.2, 0.25) is 0 Å². The van der Waals surface area contributed by atoms with Crippen molar-refractivity contribution in [3.63, 3.8) is 0 Å². The molecule has 4 nitrogen and oxygen atoms in total. The number of amides is 1. The molecule has 1 spiro atoms. The summed E-state index contributed by atoms with van der Waals surface area (Å²) < 4.78 is 41.8. The summed E-state index contributed by atoms with van der Waals surface area (Å²) in [6.07, 6.45) is -3.93. The topological polar surface area (TPSA) is 41.6 Å². The summed E-state index contributed by atoms with van der Waals surface area (Å²) in [6, 6.07) is 0. The molecular formula is C9H13F3N2O2. The first kappa shape index (κ1) is 11.5. The Morgan fingerprint density at radius 2 is 2.25 bits per heavy atom. The van der Waals surface area contributed by atoms with E-state index in [1.807, 2.05) is 0 Å². The Balaban J connectivity index is 2.14. The number of alkyl halides is 3. The van der Waals surface area contributed by atoms with E-state index in [1.54, 1.807) is 0 Å². The van der Waals surface area contributed by atoms with Gasteiger partial charge in [-0.05, 0) is 19.4 Å². The Morgan fingerprint density at radius 1 is 1.50 bits per heavy atom. The van der Waals surface area contributed by atoms with Crippen molar-refractivity contribution in [3.05, 3.63) is 0 Å². The predicted octanol–water partition coefficient (Wildman–Crippen LogP) is 1.12. The van der Waals surface area contributed by atoms with E-state index >= 15 is 0 Å². The van der Waals surface area contributed by atoms with Crippen LogP contribution in [-0.4, -0.2) is 48.9 Å². The number of cyclic esters (lactones) is 1. The SMILES string of the molecule is O=C1OCC2(CCCNC2)N1CC(F)(F)F. The Hall–Kier alpha value is -0.980. The third-order valence-electron chi connectivity index (χ3n) is 3.04. The minimum absolute atomic E-state index is 0.0505. The maximum absolute atomic E-state index is 12.3. The van der Waals surface area contributed by atoms with Gasteiger partial charge in [-0.25, -0.2) is 4.79 Å². The minimum Gasteiger partial charge on any atom is -0.447 e. The van der Waals surface area contributed by atoms with Gasteiger partial charge in [-0.2, -0.15) is 13.2 Å². The minimum atomic E-state index is -4.38. The summed E-state index contributed by atoms with van der Waals surface area (Å²) in [5.74, 6) is 0. The van der Waals surface area contributed by atoms with Crippen molar-refractivity contribution in [1.29, 1.82) is 0 Å². The van der Waals surface area contributed by atoms with Gasteiger partial charge in [0, 0.05) is 6.54 Å². The molecule has 1 amide bonds. The van der Waals surface area contributed by atoms with Crippen LogP contribution in [-0.2, 0) is 4.74 Å². The lowest BCUT2D eigenvalue weighted by atomic mass is 9.90. The zero-order valence-electron chi connectivity index (χ0n) is 8.64. The Labute approximate surface area is 90.7 Å². The van der Waals surface area contributed by atoms with Crippen LogP contribution < -0.4 is 5.32 Å². The number of ether oxygens (including phenoxy) is 1. The molecule has 2 saturated heterocycles. The molecule has 2 fully saturated rings. The molecule has 2 heterocycles. The van der Waals surface area contributed by atoms with Gasteiger partial charge in [0.05, 0.1) is 5.54 Å². The molecule has 1 atom stereocenters. The van der Waals surface area contributed by atoms with Gasteiger partial charge in [-0.1, -0.05) is 0 Å². The summed E-state index contributed by atoms with van der Waals surface area (Å²) >= 11 is 0. The summed E-state index contributed by atoms with van der Waals surface area (Å²) in [6.45, 7) is -0.0347. The van der Waals surface area contributed by atoms with Crippen molar-refractivity contribution in [3.8, 4) is 0 Å². The average molecular weight is 238 g/mol. The fraction of sp³-hybridized carbons (Fsp3) is 0.889. The molecule has 0 radical (unpaired) electrons. The molecule has 16 heavy (non-hydrogen) atoms. The third-order valence-corrected chi connectivity index (χ3v) is 3.04. The Morgan fingerprint density at radius 3 is 2.81 bits per heavy atom. The second kappa shape index (κ2) is 3.80. The Kier molecular flexibility index (Phi) is 2.73. The van der Waals surface area contributed by atoms with Crippen LogP contribution in [0.2, 0.25) is 0 Å². The van der Waals surface area contributed by atoms with Crippen LogP contribution in [0.25, 0.3) is 0 Å². The van der Waals surface area contributed by atoms with Crippen LogP contribution in [0.5, 0.6) is 0 Å². The highest BCUT2D eigenvalue weighted by Gasteiger charge is 2.51. The second-order valence-corrected chi connectivity index (χ2v) is 4.26. The fourth-order valence-corrected chi connectivity index (χ4v) is 2.26. The smallest absolute Gasteiger partial charge is 0.410 e. The van der Waals surface area contributed by atoms with Gasteiger partial charge in [-0.3, -0.25) is 4.90 Å². The molecule has 2 rings (SSSR count). The van der Waals surface area contributed by atoms with Gasteiger partial charge >= 0.3 is 12.3 Å². The van der Waals surface area contributed by atoms with E-state index in [2.05, 4.69) is 5.32 Å². The quantitative estimate of drug-likeness (QED) is 0.744. The first-order chi connectivity index (χ1) is 7.43. The van der Waals surface area contributed by atoms with E-state index in [-0.39, 0.29) is 6.61 Å². The van der Waals surface area contributed by atoms with E-state index in [9.17, 15) is 18.0 Å². The lowest BCUT2D eigenvalue weighted by molar-refractivity contribution is -0.148. The molecule has 1 unspecified atom stereocenters. The monoisotopic (exact) mass is 238 g/mol. The van der Waals surface area contributed by atoms with Crippen molar-refractivity contribution in [1.82, 2.24) is 10.2 Å². The largest absolute Gasteiger partial charge is 0.447 e. The molecule has 7 heteroatoms. The van der Waals surface area contributed by atoms with Gasteiger partial charge in [-0.15, -0.1) is 0 Å². The molecular weight excluding hydrogens is 225 g/mol. The molecule has 92 valence electrons. The van der Waals surface area contributed by atoms with Crippen LogP contribution in [0.4, 0.5) is 18.0 Å². The number of carbonyl (C=O) groups excluding carboxylic acids is 1. The summed E-state index contributed by atoms with van der Waals surface area (Å²) in [7, 11) is 0. The lowest BCUT2D eigenvalue weighted by Gasteiger charge is -2.39. The Bertz CT molecular complexity index is 287. The van der Waals surface area contributed by atoms with Crippen molar-refractivity contribution >= 4 is 6.09 Å². The van der Waals surface area contributed by atoms with Crippen molar-refractivity contribution in [2.24, 2.45) is 0 Å². The number of rotatable bonds is 1. The van der Waals surface area contributed by atoms with E-state index in [0.29, 0.717) is 13.0 Å². The fourth-order valence-electron chi connectivity index (χ4n) is 2.26. The normalized spacial score (nSPS) is 30.9. The highest BCUT2D eigenvalue weighted by atomic mass is 19.4. The zero-order valence-corrected chi connectivity index (χ0v) is 8.64. The number of carbonyl (C=O) groups is 1. The van der Waals surface area contributed by atoms with Gasteiger partial charge in [0.15, 0.2) is 0 Å². The third kappa shape index (κ3) is 2.09. The number of halogens is 3. The molecule has 0 aromatic carbocycles. The van der Waals surface area contributed by atoms with Crippen LogP contribution in [0.1, 0.15) is 12.8 Å². The molecule has 0 aliphatic carbocycles. The maximum atomic E-state index is 12.3. The molecule has 1 N–H and O–H groups in total. The van der Waals surface area contributed by atoms with Crippen molar-refractivity contribution < 1.29 is 22.7 Å². The predicted molar refractivity (Wildman–Crippen MR) is 48.9 cm³/mol. The standard InChI is InChI=1S/C9H13F3N2O2/c10-9(11,12)5-14-7(15)16-6-8(14)2-1-3-13-4-8/h13H,1-6H2. The first-order valence-electron chi connectivity index (χ1n) is 5.15. The van der Waals surface area contributed by atoms with Gasteiger partial charge in [0.1, 0.15) is 13.2 Å². The molecule has 2 aliphatic heterocycles. The highest BCUT2D eigenvalue weighted by Crippen LogP contribution is 2.33. The van der Waals surface area contributed by atoms with E-state index in [0.717, 1.165) is 17.9 Å². The van der Waals surface area contributed by atoms with Gasteiger partial charge in [0.25, 0.3) is 0 Å². The highest BCUT2D eigenvalue weighted by molar-refractivity contribution is 5.71. The first-order valence-corrected chi connectivity index (χ1v) is 5.15. The molecule has 2 aliphatic rings. The number of nitrogens with one attached hydrogen (secondary N) is 1. The van der Waals surface area contributed by atoms with Gasteiger partial charge < -0.3 is 10.1 Å². The van der Waals surface area contributed by atoms with Crippen LogP contribution in [0.3, 0.4) is 0 Å². The zero-order chi connectivity index (χ0) is 11.8. The number of hydrogen-bond acceptors (Lipinski definition) is 3. The van der Waals surface area contributed by atoms with Crippen molar-refractivity contribution in [2.45, 2.75) is 24.6 Å². The summed E-state index contributed by atoms with van der Waals surface area (Å²) in [5.41, 5.74) is -0.801. The lowest BCUT2D eigenvalue weighted by Crippen LogP contribution is -2.58. The van der Waals surface area contributed by atoms with E-state index < -0.39 is 24.4 Å². The summed E-state index contributed by atoms with van der Waals surface area (Å²) in [5, 5.41) is 3.01. The van der Waals surface area contributed by atoms with Crippen molar-refractivity contribution in [2.75, 3.05) is 26.2 Å².